The van der Waals surface area contributed by atoms with E-state index in [1.165, 1.54) is 0 Å². The third kappa shape index (κ3) is 1.99. The molecule has 0 spiro atoms. The van der Waals surface area contributed by atoms with Crippen LogP contribution in [0.4, 0.5) is 5.82 Å². The summed E-state index contributed by atoms with van der Waals surface area (Å²) in [7, 11) is 0. The predicted molar refractivity (Wildman–Crippen MR) is 76.9 cm³/mol. The van der Waals surface area contributed by atoms with Gasteiger partial charge in [-0.05, 0) is 47.0 Å². The van der Waals surface area contributed by atoms with Gasteiger partial charge in [-0.1, -0.05) is 12.1 Å². The lowest BCUT2D eigenvalue weighted by Crippen LogP contribution is -2.32. The van der Waals surface area contributed by atoms with Crippen molar-refractivity contribution in [3.05, 3.63) is 34.8 Å². The highest BCUT2D eigenvalue weighted by atomic mass is 79.9. The Hall–Kier alpha value is -1.13. The van der Waals surface area contributed by atoms with Crippen LogP contribution in [0.5, 0.6) is 0 Å². The van der Waals surface area contributed by atoms with Gasteiger partial charge >= 0.3 is 0 Å². The van der Waals surface area contributed by atoms with E-state index >= 15 is 0 Å². The maximum absolute atomic E-state index is 9.39. The first kappa shape index (κ1) is 11.9. The summed E-state index contributed by atoms with van der Waals surface area (Å²) in [4.78, 5) is 6.93. The van der Waals surface area contributed by atoms with Gasteiger partial charge in [0.25, 0.3) is 0 Å². The molecule has 1 aliphatic heterocycles. The number of para-hydroxylation sites is 1. The number of hydrogen-bond donors (Lipinski definition) is 1. The van der Waals surface area contributed by atoms with E-state index in [1.807, 2.05) is 18.2 Å². The zero-order chi connectivity index (χ0) is 12.5. The average molecular weight is 307 g/mol. The van der Waals surface area contributed by atoms with Crippen LogP contribution in [0, 0.1) is 0 Å². The summed E-state index contributed by atoms with van der Waals surface area (Å²) in [6.07, 6.45) is 2.17. The lowest BCUT2D eigenvalue weighted by Gasteiger charge is -2.24. The van der Waals surface area contributed by atoms with Gasteiger partial charge in [-0.25, -0.2) is 4.98 Å². The zero-order valence-electron chi connectivity index (χ0n) is 10.0. The Morgan fingerprint density at radius 1 is 1.33 bits per heavy atom. The SMILES string of the molecule is OC[C@@H]1CCCN1c1ccc2cccc(Br)c2n1. The van der Waals surface area contributed by atoms with Crippen LogP contribution in [0.3, 0.4) is 0 Å². The summed E-state index contributed by atoms with van der Waals surface area (Å²) >= 11 is 3.54. The standard InChI is InChI=1S/C14H15BrN2O/c15-12-5-1-3-10-6-7-13(16-14(10)12)17-8-2-4-11(17)9-18/h1,3,5-7,11,18H,2,4,8-9H2/t11-/m0/s1. The van der Waals surface area contributed by atoms with E-state index in [0.29, 0.717) is 0 Å². The molecule has 1 aliphatic rings. The first-order valence-electron chi connectivity index (χ1n) is 6.22. The molecule has 0 aliphatic carbocycles. The number of rotatable bonds is 2. The summed E-state index contributed by atoms with van der Waals surface area (Å²) in [5.41, 5.74) is 0.985. The highest BCUT2D eigenvalue weighted by Crippen LogP contribution is 2.28. The van der Waals surface area contributed by atoms with Gasteiger partial charge in [-0.3, -0.25) is 0 Å². The van der Waals surface area contributed by atoms with Gasteiger partial charge in [0.1, 0.15) is 5.82 Å². The Bertz CT molecular complexity index is 573. The quantitative estimate of drug-likeness (QED) is 0.926. The molecule has 1 fully saturated rings. The number of pyridine rings is 1. The third-order valence-electron chi connectivity index (χ3n) is 3.54. The lowest BCUT2D eigenvalue weighted by molar-refractivity contribution is 0.266. The maximum atomic E-state index is 9.39. The van der Waals surface area contributed by atoms with Crippen molar-refractivity contribution in [2.75, 3.05) is 18.1 Å². The molecule has 18 heavy (non-hydrogen) atoms. The van der Waals surface area contributed by atoms with Crippen molar-refractivity contribution in [3.63, 3.8) is 0 Å². The molecule has 0 saturated carbocycles. The second kappa shape index (κ2) is 4.86. The second-order valence-corrected chi connectivity index (χ2v) is 5.51. The summed E-state index contributed by atoms with van der Waals surface area (Å²) in [6.45, 7) is 1.18. The Labute approximate surface area is 115 Å². The number of aromatic nitrogens is 1. The zero-order valence-corrected chi connectivity index (χ0v) is 11.6. The molecule has 0 bridgehead atoms. The number of aliphatic hydroxyl groups excluding tert-OH is 1. The highest BCUT2D eigenvalue weighted by molar-refractivity contribution is 9.10. The number of benzene rings is 1. The van der Waals surface area contributed by atoms with Gasteiger partial charge in [-0.2, -0.15) is 0 Å². The molecule has 1 aromatic heterocycles. The van der Waals surface area contributed by atoms with E-state index in [-0.39, 0.29) is 12.6 Å². The van der Waals surface area contributed by atoms with Gasteiger partial charge < -0.3 is 10.0 Å². The van der Waals surface area contributed by atoms with Crippen LogP contribution in [-0.2, 0) is 0 Å². The van der Waals surface area contributed by atoms with Crippen molar-refractivity contribution < 1.29 is 5.11 Å². The van der Waals surface area contributed by atoms with Gasteiger partial charge in [-0.15, -0.1) is 0 Å². The molecule has 1 atom stereocenters. The van der Waals surface area contributed by atoms with Crippen LogP contribution in [0.15, 0.2) is 34.8 Å². The summed E-state index contributed by atoms with van der Waals surface area (Å²) < 4.78 is 1.02. The minimum Gasteiger partial charge on any atom is -0.394 e. The molecule has 1 aromatic carbocycles. The molecule has 0 amide bonds. The predicted octanol–water partition coefficient (Wildman–Crippen LogP) is 2.96. The van der Waals surface area contributed by atoms with Crippen molar-refractivity contribution in [1.82, 2.24) is 4.98 Å². The van der Waals surface area contributed by atoms with Gasteiger partial charge in [0, 0.05) is 16.4 Å². The Balaban J connectivity index is 2.05. The number of hydrogen-bond acceptors (Lipinski definition) is 3. The van der Waals surface area contributed by atoms with Crippen molar-refractivity contribution >= 4 is 32.7 Å². The van der Waals surface area contributed by atoms with Crippen LogP contribution in [0.1, 0.15) is 12.8 Å². The fraction of sp³-hybridized carbons (Fsp3) is 0.357. The highest BCUT2D eigenvalue weighted by Gasteiger charge is 2.24. The van der Waals surface area contributed by atoms with Crippen molar-refractivity contribution in [3.8, 4) is 0 Å². The lowest BCUT2D eigenvalue weighted by atomic mass is 10.2. The molecular formula is C14H15BrN2O. The average Bonchev–Trinajstić information content (AvgIpc) is 2.87. The molecule has 1 saturated heterocycles. The van der Waals surface area contributed by atoms with Crippen molar-refractivity contribution in [1.29, 1.82) is 0 Å². The maximum Gasteiger partial charge on any atom is 0.129 e. The smallest absolute Gasteiger partial charge is 0.129 e. The van der Waals surface area contributed by atoms with E-state index in [2.05, 4.69) is 33.0 Å². The van der Waals surface area contributed by atoms with Crippen molar-refractivity contribution in [2.24, 2.45) is 0 Å². The number of nitrogens with zero attached hydrogens (tertiary/aromatic N) is 2. The van der Waals surface area contributed by atoms with Gasteiger partial charge in [0.2, 0.25) is 0 Å². The van der Waals surface area contributed by atoms with E-state index in [4.69, 9.17) is 4.98 Å². The topological polar surface area (TPSA) is 36.4 Å². The Kier molecular flexibility index (Phi) is 3.22. The van der Waals surface area contributed by atoms with Gasteiger partial charge in [0.15, 0.2) is 0 Å². The number of halogens is 1. The number of aliphatic hydroxyl groups is 1. The molecule has 4 heteroatoms. The molecule has 1 N–H and O–H groups in total. The van der Waals surface area contributed by atoms with Crippen LogP contribution in [0.25, 0.3) is 10.9 Å². The third-order valence-corrected chi connectivity index (χ3v) is 4.18. The largest absolute Gasteiger partial charge is 0.394 e. The van der Waals surface area contributed by atoms with E-state index in [9.17, 15) is 5.11 Å². The van der Waals surface area contributed by atoms with Gasteiger partial charge in [0.05, 0.1) is 18.2 Å². The molecule has 0 radical (unpaired) electrons. The fourth-order valence-electron chi connectivity index (χ4n) is 2.59. The van der Waals surface area contributed by atoms with Crippen LogP contribution in [0.2, 0.25) is 0 Å². The first-order valence-corrected chi connectivity index (χ1v) is 7.01. The molecule has 3 nitrogen and oxygen atoms in total. The van der Waals surface area contributed by atoms with E-state index in [1.54, 1.807) is 0 Å². The Morgan fingerprint density at radius 3 is 3.06 bits per heavy atom. The number of anilines is 1. The van der Waals surface area contributed by atoms with Crippen LogP contribution < -0.4 is 4.90 Å². The fourth-order valence-corrected chi connectivity index (χ4v) is 3.06. The molecule has 2 heterocycles. The second-order valence-electron chi connectivity index (χ2n) is 4.65. The van der Waals surface area contributed by atoms with Crippen LogP contribution in [-0.4, -0.2) is 29.3 Å². The minimum atomic E-state index is 0.204. The molecular weight excluding hydrogens is 292 g/mol. The van der Waals surface area contributed by atoms with E-state index < -0.39 is 0 Å². The van der Waals surface area contributed by atoms with Crippen molar-refractivity contribution in [2.45, 2.75) is 18.9 Å². The molecule has 0 unspecified atom stereocenters. The summed E-state index contributed by atoms with van der Waals surface area (Å²) in [5.74, 6) is 0.964. The van der Waals surface area contributed by atoms with Crippen LogP contribution >= 0.6 is 15.9 Å². The summed E-state index contributed by atoms with van der Waals surface area (Å²) in [5, 5.41) is 10.5. The molecule has 3 rings (SSSR count). The molecule has 2 aromatic rings. The molecule has 94 valence electrons. The Morgan fingerprint density at radius 2 is 2.22 bits per heavy atom. The monoisotopic (exact) mass is 306 g/mol. The number of fused-ring (bicyclic) bond motifs is 1. The summed E-state index contributed by atoms with van der Waals surface area (Å²) in [6, 6.07) is 10.4. The normalized spacial score (nSPS) is 19.7. The minimum absolute atomic E-state index is 0.204. The first-order chi connectivity index (χ1) is 8.79. The van der Waals surface area contributed by atoms with E-state index in [0.717, 1.165) is 40.6 Å².